The van der Waals surface area contributed by atoms with Gasteiger partial charge in [-0.1, -0.05) is 24.3 Å². The number of phenolic OH excluding ortho intramolecular Hbond substituents is 2. The molecule has 12 nitrogen and oxygen atoms in total. The Morgan fingerprint density at radius 2 is 1.20 bits per heavy atom. The van der Waals surface area contributed by atoms with Gasteiger partial charge in [0.05, 0.1) is 6.10 Å². The predicted octanol–water partition coefficient (Wildman–Crippen LogP) is -0.117. The van der Waals surface area contributed by atoms with E-state index < -0.39 is 54.0 Å². The zero-order valence-electron chi connectivity index (χ0n) is 22.2. The molecule has 0 saturated heterocycles. The van der Waals surface area contributed by atoms with Crippen LogP contribution in [-0.4, -0.2) is 86.4 Å². The number of aliphatic hydroxyl groups is 1. The third kappa shape index (κ3) is 10.4. The lowest BCUT2D eigenvalue weighted by Gasteiger charge is -2.26. The van der Waals surface area contributed by atoms with E-state index in [1.807, 2.05) is 6.26 Å². The minimum atomic E-state index is -1.34. The molecule has 2 aromatic carbocycles. The lowest BCUT2D eigenvalue weighted by Crippen LogP contribution is -2.58. The number of amides is 3. The molecule has 0 heterocycles. The Kier molecular flexibility index (Phi) is 12.7. The van der Waals surface area contributed by atoms with Crippen LogP contribution in [-0.2, 0) is 32.0 Å². The summed E-state index contributed by atoms with van der Waals surface area (Å²) in [5.74, 6) is -3.00. The van der Waals surface area contributed by atoms with E-state index >= 15 is 0 Å². The van der Waals surface area contributed by atoms with Gasteiger partial charge in [-0.15, -0.1) is 0 Å². The first-order valence-electron chi connectivity index (χ1n) is 12.5. The number of aliphatic carboxylic acids is 1. The van der Waals surface area contributed by atoms with Gasteiger partial charge in [0.15, 0.2) is 0 Å². The third-order valence-electron chi connectivity index (χ3n) is 6.07. The quantitative estimate of drug-likeness (QED) is 0.141. The number of phenols is 2. The number of carboxylic acids is 1. The van der Waals surface area contributed by atoms with Crippen LogP contribution >= 0.6 is 11.8 Å². The van der Waals surface area contributed by atoms with Crippen LogP contribution < -0.4 is 21.7 Å². The van der Waals surface area contributed by atoms with E-state index in [-0.39, 0.29) is 30.8 Å². The van der Waals surface area contributed by atoms with Gasteiger partial charge in [-0.05, 0) is 60.7 Å². The summed E-state index contributed by atoms with van der Waals surface area (Å²) in [5, 5.41) is 46.1. The van der Waals surface area contributed by atoms with Crippen molar-refractivity contribution < 1.29 is 39.6 Å². The van der Waals surface area contributed by atoms with Crippen LogP contribution in [0.3, 0.4) is 0 Å². The Bertz CT molecular complexity index is 1140. The molecule has 0 aliphatic rings. The summed E-state index contributed by atoms with van der Waals surface area (Å²) in [6, 6.07) is 6.88. The van der Waals surface area contributed by atoms with Gasteiger partial charge in [-0.25, -0.2) is 4.79 Å². The number of aliphatic hydroxyl groups excluding tert-OH is 1. The standard InChI is InChI=1S/C27H36N4O8S/c1-15(32)23(28)26(37)29-20(11-12-40-2)24(35)30-21(13-16-3-7-18(33)8-4-16)25(36)31-22(27(38)39)14-17-5-9-19(34)10-6-17/h3-10,15,20-23,32-34H,11-14,28H2,1-2H3,(H,29,37)(H,30,35)(H,31,36)(H,38,39). The van der Waals surface area contributed by atoms with E-state index in [4.69, 9.17) is 5.73 Å². The minimum Gasteiger partial charge on any atom is -0.508 e. The van der Waals surface area contributed by atoms with Gasteiger partial charge >= 0.3 is 5.97 Å². The second kappa shape index (κ2) is 15.7. The molecule has 0 radical (unpaired) electrons. The molecule has 9 N–H and O–H groups in total. The normalized spacial score (nSPS) is 14.7. The summed E-state index contributed by atoms with van der Waals surface area (Å²) in [5.41, 5.74) is 6.83. The number of hydrogen-bond donors (Lipinski definition) is 8. The van der Waals surface area contributed by atoms with Crippen LogP contribution in [0.4, 0.5) is 0 Å². The van der Waals surface area contributed by atoms with E-state index in [2.05, 4.69) is 16.0 Å². The van der Waals surface area contributed by atoms with Gasteiger partial charge in [0.25, 0.3) is 0 Å². The van der Waals surface area contributed by atoms with Crippen molar-refractivity contribution in [3.8, 4) is 11.5 Å². The predicted molar refractivity (Wildman–Crippen MR) is 150 cm³/mol. The van der Waals surface area contributed by atoms with Crippen molar-refractivity contribution in [2.45, 2.75) is 56.5 Å². The Balaban J connectivity index is 2.27. The smallest absolute Gasteiger partial charge is 0.326 e. The average molecular weight is 577 g/mol. The van der Waals surface area contributed by atoms with E-state index in [0.717, 1.165) is 0 Å². The second-order valence-electron chi connectivity index (χ2n) is 9.31. The Morgan fingerprint density at radius 3 is 1.65 bits per heavy atom. The second-order valence-corrected chi connectivity index (χ2v) is 10.3. The zero-order valence-corrected chi connectivity index (χ0v) is 23.1. The van der Waals surface area contributed by atoms with Crippen molar-refractivity contribution >= 4 is 35.5 Å². The molecule has 3 amide bonds. The van der Waals surface area contributed by atoms with Crippen molar-refractivity contribution in [2.24, 2.45) is 5.73 Å². The van der Waals surface area contributed by atoms with Crippen LogP contribution in [0.25, 0.3) is 0 Å². The Labute approximate surface area is 236 Å². The largest absolute Gasteiger partial charge is 0.508 e. The number of rotatable bonds is 15. The summed E-state index contributed by atoms with van der Waals surface area (Å²) in [7, 11) is 0. The number of hydrogen-bond acceptors (Lipinski definition) is 9. The topological polar surface area (TPSA) is 211 Å². The van der Waals surface area contributed by atoms with Crippen LogP contribution in [0.5, 0.6) is 11.5 Å². The third-order valence-corrected chi connectivity index (χ3v) is 6.71. The molecule has 0 aliphatic heterocycles. The summed E-state index contributed by atoms with van der Waals surface area (Å²) < 4.78 is 0. The van der Waals surface area contributed by atoms with Gasteiger partial charge in [-0.3, -0.25) is 14.4 Å². The van der Waals surface area contributed by atoms with Gasteiger partial charge < -0.3 is 42.1 Å². The Morgan fingerprint density at radius 1 is 0.775 bits per heavy atom. The van der Waals surface area contributed by atoms with Crippen LogP contribution in [0.1, 0.15) is 24.5 Å². The molecule has 218 valence electrons. The number of benzene rings is 2. The molecular weight excluding hydrogens is 540 g/mol. The number of thioether (sulfide) groups is 1. The Hall–Kier alpha value is -3.81. The van der Waals surface area contributed by atoms with Crippen LogP contribution in [0, 0.1) is 0 Å². The fraction of sp³-hybridized carbons (Fsp3) is 0.407. The number of aromatic hydroxyl groups is 2. The summed E-state index contributed by atoms with van der Waals surface area (Å²) in [6.45, 7) is 1.34. The SMILES string of the molecule is CSCCC(NC(=O)C(N)C(C)O)C(=O)NC(Cc1ccc(O)cc1)C(=O)NC(Cc1ccc(O)cc1)C(=O)O. The van der Waals surface area contributed by atoms with Crippen molar-refractivity contribution in [1.82, 2.24) is 16.0 Å². The van der Waals surface area contributed by atoms with E-state index in [9.17, 15) is 39.6 Å². The first-order chi connectivity index (χ1) is 18.9. The fourth-order valence-electron chi connectivity index (χ4n) is 3.68. The van der Waals surface area contributed by atoms with Gasteiger partial charge in [0.2, 0.25) is 17.7 Å². The molecule has 0 aliphatic carbocycles. The fourth-order valence-corrected chi connectivity index (χ4v) is 4.15. The molecule has 5 atom stereocenters. The molecule has 0 fully saturated rings. The van der Waals surface area contributed by atoms with Crippen molar-refractivity contribution in [1.29, 1.82) is 0 Å². The van der Waals surface area contributed by atoms with E-state index in [1.54, 1.807) is 12.1 Å². The highest BCUT2D eigenvalue weighted by atomic mass is 32.2. The van der Waals surface area contributed by atoms with Crippen molar-refractivity contribution in [3.05, 3.63) is 59.7 Å². The maximum Gasteiger partial charge on any atom is 0.326 e. The maximum absolute atomic E-state index is 13.3. The van der Waals surface area contributed by atoms with E-state index in [1.165, 1.54) is 55.1 Å². The molecule has 5 unspecified atom stereocenters. The number of nitrogens with two attached hydrogens (primary N) is 1. The lowest BCUT2D eigenvalue weighted by molar-refractivity contribution is -0.142. The molecule has 13 heteroatoms. The van der Waals surface area contributed by atoms with E-state index in [0.29, 0.717) is 16.9 Å². The molecule has 0 bridgehead atoms. The molecule has 40 heavy (non-hydrogen) atoms. The minimum absolute atomic E-state index is 0.00270. The molecular formula is C27H36N4O8S. The highest BCUT2D eigenvalue weighted by molar-refractivity contribution is 7.98. The molecule has 0 aromatic heterocycles. The molecule has 0 saturated carbocycles. The van der Waals surface area contributed by atoms with Gasteiger partial charge in [0.1, 0.15) is 35.7 Å². The molecule has 2 aromatic rings. The highest BCUT2D eigenvalue weighted by Gasteiger charge is 2.31. The molecule has 2 rings (SSSR count). The van der Waals surface area contributed by atoms with Crippen molar-refractivity contribution in [3.63, 3.8) is 0 Å². The monoisotopic (exact) mass is 576 g/mol. The number of nitrogens with one attached hydrogen (secondary N) is 3. The van der Waals surface area contributed by atoms with Gasteiger partial charge in [0, 0.05) is 12.8 Å². The maximum atomic E-state index is 13.3. The lowest BCUT2D eigenvalue weighted by atomic mass is 10.0. The van der Waals surface area contributed by atoms with Gasteiger partial charge in [-0.2, -0.15) is 11.8 Å². The summed E-state index contributed by atoms with van der Waals surface area (Å²) in [6.07, 6.45) is 0.750. The first-order valence-corrected chi connectivity index (χ1v) is 13.9. The van der Waals surface area contributed by atoms with Crippen molar-refractivity contribution in [2.75, 3.05) is 12.0 Å². The summed E-state index contributed by atoms with van der Waals surface area (Å²) >= 11 is 1.44. The number of carbonyl (C=O) groups is 4. The first kappa shape index (κ1) is 32.4. The number of carbonyl (C=O) groups excluding carboxylic acids is 3. The van der Waals surface area contributed by atoms with Crippen LogP contribution in [0.2, 0.25) is 0 Å². The molecule has 0 spiro atoms. The van der Waals surface area contributed by atoms with Crippen LogP contribution in [0.15, 0.2) is 48.5 Å². The highest BCUT2D eigenvalue weighted by Crippen LogP contribution is 2.14. The average Bonchev–Trinajstić information content (AvgIpc) is 2.91. The number of carboxylic acid groups (broad SMARTS) is 1. The zero-order chi connectivity index (χ0) is 29.8. The summed E-state index contributed by atoms with van der Waals surface area (Å²) in [4.78, 5) is 51.0.